The van der Waals surface area contributed by atoms with Crippen molar-refractivity contribution in [2.45, 2.75) is 59.3 Å². The van der Waals surface area contributed by atoms with Crippen molar-refractivity contribution >= 4 is 6.21 Å². The lowest BCUT2D eigenvalue weighted by Gasteiger charge is -2.24. The highest BCUT2D eigenvalue weighted by Crippen LogP contribution is 2.34. The monoisotopic (exact) mass is 233 g/mol. The molecule has 1 heteroatoms. The van der Waals surface area contributed by atoms with Gasteiger partial charge in [0, 0.05) is 18.3 Å². The zero-order valence-electron chi connectivity index (χ0n) is 11.7. The highest BCUT2D eigenvalue weighted by atomic mass is 14.7. The molecule has 0 saturated carbocycles. The normalized spacial score (nSPS) is 26.4. The van der Waals surface area contributed by atoms with Crippen molar-refractivity contribution in [2.24, 2.45) is 16.8 Å². The Morgan fingerprint density at radius 3 is 2.88 bits per heavy atom. The molecule has 2 unspecified atom stereocenters. The molecule has 1 nitrogen and oxygen atoms in total. The first-order valence-corrected chi connectivity index (χ1v) is 7.16. The van der Waals surface area contributed by atoms with Gasteiger partial charge in [-0.3, -0.25) is 4.99 Å². The molecule has 1 aliphatic carbocycles. The maximum atomic E-state index is 4.34. The van der Waals surface area contributed by atoms with Gasteiger partial charge in [0.25, 0.3) is 0 Å². The molecule has 96 valence electrons. The summed E-state index contributed by atoms with van der Waals surface area (Å²) in [5, 5.41) is 0. The molecule has 0 aromatic rings. The first kappa shape index (κ1) is 14.2. The Labute approximate surface area is 107 Å². The Hall–Kier alpha value is -0.850. The highest BCUT2D eigenvalue weighted by Gasteiger charge is 2.22. The predicted octanol–water partition coefficient (Wildman–Crippen LogP) is 5.14. The number of rotatable bonds is 5. The van der Waals surface area contributed by atoms with E-state index in [1.165, 1.54) is 44.1 Å². The fourth-order valence-electron chi connectivity index (χ4n) is 2.74. The molecule has 0 fully saturated rings. The van der Waals surface area contributed by atoms with Crippen molar-refractivity contribution in [3.63, 3.8) is 0 Å². The largest absolute Gasteiger partial charge is 0.269 e. The quantitative estimate of drug-likeness (QED) is 0.460. The van der Waals surface area contributed by atoms with Gasteiger partial charge in [-0.2, -0.15) is 0 Å². The molecular weight excluding hydrogens is 206 g/mol. The van der Waals surface area contributed by atoms with Gasteiger partial charge in [-0.05, 0) is 44.1 Å². The molecule has 0 spiro atoms. The molecule has 0 aromatic carbocycles. The smallest absolute Gasteiger partial charge is 0.0261 e. The zero-order valence-corrected chi connectivity index (χ0v) is 11.7. The number of hydrogen-bond donors (Lipinski definition) is 0. The van der Waals surface area contributed by atoms with E-state index < -0.39 is 0 Å². The third-order valence-electron chi connectivity index (χ3n) is 3.68. The third-order valence-corrected chi connectivity index (χ3v) is 3.68. The molecule has 0 bridgehead atoms. The molecule has 0 amide bonds. The van der Waals surface area contributed by atoms with Gasteiger partial charge in [-0.15, -0.1) is 0 Å². The molecule has 0 saturated heterocycles. The van der Waals surface area contributed by atoms with Crippen molar-refractivity contribution in [3.05, 3.63) is 23.9 Å². The van der Waals surface area contributed by atoms with E-state index in [2.05, 4.69) is 37.2 Å². The highest BCUT2D eigenvalue weighted by molar-refractivity contribution is 5.54. The minimum absolute atomic E-state index is 0.631. The molecule has 1 aliphatic rings. The molecule has 17 heavy (non-hydrogen) atoms. The van der Waals surface area contributed by atoms with E-state index in [0.29, 0.717) is 5.92 Å². The van der Waals surface area contributed by atoms with Gasteiger partial charge in [0.15, 0.2) is 0 Å². The van der Waals surface area contributed by atoms with Gasteiger partial charge in [0.2, 0.25) is 0 Å². The maximum absolute atomic E-state index is 4.34. The van der Waals surface area contributed by atoms with E-state index in [-0.39, 0.29) is 0 Å². The summed E-state index contributed by atoms with van der Waals surface area (Å²) in [5.74, 6) is 1.45. The van der Waals surface area contributed by atoms with Gasteiger partial charge in [0.1, 0.15) is 0 Å². The summed E-state index contributed by atoms with van der Waals surface area (Å²) in [7, 11) is 0. The van der Waals surface area contributed by atoms with E-state index in [4.69, 9.17) is 0 Å². The van der Waals surface area contributed by atoms with Crippen molar-refractivity contribution < 1.29 is 0 Å². The zero-order chi connectivity index (χ0) is 12.5. The van der Waals surface area contributed by atoms with Crippen LogP contribution in [0.4, 0.5) is 0 Å². The lowest BCUT2D eigenvalue weighted by molar-refractivity contribution is 0.387. The standard InChI is InChI=1S/C16H27N/c1-4-10-15(13-17-6-3)16-12-9-7-8-11-14(16)5-2/h6,9,12-14,16H,4-5,7-8,10-11H2,1-3H3/b15-13+,17-6?. The van der Waals surface area contributed by atoms with Crippen molar-refractivity contribution in [1.29, 1.82) is 0 Å². The van der Waals surface area contributed by atoms with Crippen LogP contribution in [0, 0.1) is 11.8 Å². The summed E-state index contributed by atoms with van der Waals surface area (Å²) in [5.41, 5.74) is 1.52. The van der Waals surface area contributed by atoms with Crippen LogP contribution in [0.25, 0.3) is 0 Å². The van der Waals surface area contributed by atoms with Crippen LogP contribution in [0.15, 0.2) is 28.9 Å². The number of aliphatic imine (C=N–C) groups is 1. The molecule has 0 radical (unpaired) electrons. The molecule has 0 aromatic heterocycles. The summed E-state index contributed by atoms with van der Waals surface area (Å²) >= 11 is 0. The fourth-order valence-corrected chi connectivity index (χ4v) is 2.74. The van der Waals surface area contributed by atoms with Crippen LogP contribution in [0.1, 0.15) is 59.3 Å². The van der Waals surface area contributed by atoms with Gasteiger partial charge in [-0.25, -0.2) is 0 Å². The van der Waals surface area contributed by atoms with E-state index in [9.17, 15) is 0 Å². The van der Waals surface area contributed by atoms with Crippen molar-refractivity contribution in [2.75, 3.05) is 0 Å². The number of allylic oxidation sites excluding steroid dienone is 3. The Morgan fingerprint density at radius 2 is 2.24 bits per heavy atom. The lowest BCUT2D eigenvalue weighted by Crippen LogP contribution is -2.13. The second-order valence-corrected chi connectivity index (χ2v) is 4.91. The Kier molecular flexibility index (Phi) is 6.91. The SMILES string of the molecule is CC=N/C=C(\CCC)C1C=CCCCC1CC. The first-order valence-electron chi connectivity index (χ1n) is 7.16. The Bertz CT molecular complexity index is 286. The maximum Gasteiger partial charge on any atom is 0.0261 e. The lowest BCUT2D eigenvalue weighted by atomic mass is 9.81. The van der Waals surface area contributed by atoms with Crippen LogP contribution in [-0.4, -0.2) is 6.21 Å². The summed E-state index contributed by atoms with van der Waals surface area (Å²) in [6.07, 6.45) is 16.5. The van der Waals surface area contributed by atoms with Crippen LogP contribution in [0.5, 0.6) is 0 Å². The molecule has 0 heterocycles. The van der Waals surface area contributed by atoms with Crippen LogP contribution in [0.2, 0.25) is 0 Å². The third kappa shape index (κ3) is 4.49. The topological polar surface area (TPSA) is 12.4 Å². The van der Waals surface area contributed by atoms with Crippen LogP contribution < -0.4 is 0 Å². The molecular formula is C16H27N. The minimum atomic E-state index is 0.631. The van der Waals surface area contributed by atoms with Crippen molar-refractivity contribution in [1.82, 2.24) is 0 Å². The average molecular weight is 233 g/mol. The van der Waals surface area contributed by atoms with E-state index in [1.807, 2.05) is 13.1 Å². The van der Waals surface area contributed by atoms with E-state index >= 15 is 0 Å². The van der Waals surface area contributed by atoms with Crippen molar-refractivity contribution in [3.8, 4) is 0 Å². The molecule has 2 atom stereocenters. The summed E-state index contributed by atoms with van der Waals surface area (Å²) < 4.78 is 0. The first-order chi connectivity index (χ1) is 8.33. The predicted molar refractivity (Wildman–Crippen MR) is 77.4 cm³/mol. The summed E-state index contributed by atoms with van der Waals surface area (Å²) in [6, 6.07) is 0. The van der Waals surface area contributed by atoms with Gasteiger partial charge in [-0.1, -0.05) is 38.8 Å². The number of hydrogen-bond acceptors (Lipinski definition) is 1. The van der Waals surface area contributed by atoms with Crippen LogP contribution in [0.3, 0.4) is 0 Å². The summed E-state index contributed by atoms with van der Waals surface area (Å²) in [6.45, 7) is 6.56. The van der Waals surface area contributed by atoms with Crippen LogP contribution >= 0.6 is 0 Å². The molecule has 0 N–H and O–H groups in total. The Balaban J connectivity index is 2.87. The Morgan fingerprint density at radius 1 is 1.41 bits per heavy atom. The minimum Gasteiger partial charge on any atom is -0.269 e. The second kappa shape index (κ2) is 8.27. The van der Waals surface area contributed by atoms with E-state index in [1.54, 1.807) is 0 Å². The number of nitrogens with zero attached hydrogens (tertiary/aromatic N) is 1. The fraction of sp³-hybridized carbons (Fsp3) is 0.688. The van der Waals surface area contributed by atoms with Crippen LogP contribution in [-0.2, 0) is 0 Å². The van der Waals surface area contributed by atoms with Gasteiger partial charge in [0.05, 0.1) is 0 Å². The second-order valence-electron chi connectivity index (χ2n) is 4.91. The van der Waals surface area contributed by atoms with E-state index in [0.717, 1.165) is 5.92 Å². The van der Waals surface area contributed by atoms with Gasteiger partial charge < -0.3 is 0 Å². The average Bonchev–Trinajstić information content (AvgIpc) is 2.59. The molecule has 1 rings (SSSR count). The van der Waals surface area contributed by atoms with Gasteiger partial charge >= 0.3 is 0 Å². The summed E-state index contributed by atoms with van der Waals surface area (Å²) in [4.78, 5) is 4.34. The molecule has 0 aliphatic heterocycles.